The van der Waals surface area contributed by atoms with Crippen molar-refractivity contribution in [2.45, 2.75) is 13.1 Å². The third kappa shape index (κ3) is 6.09. The maximum Gasteiger partial charge on any atom is 0.416 e. The van der Waals surface area contributed by atoms with Gasteiger partial charge in [-0.05, 0) is 49.4 Å². The highest BCUT2D eigenvalue weighted by Crippen LogP contribution is 2.33. The van der Waals surface area contributed by atoms with Crippen molar-refractivity contribution in [3.63, 3.8) is 0 Å². The average molecular weight is 608 g/mol. The number of carbonyl (C=O) groups excluding carboxylic acids is 2. The van der Waals surface area contributed by atoms with Crippen molar-refractivity contribution in [2.75, 3.05) is 0 Å². The summed E-state index contributed by atoms with van der Waals surface area (Å²) >= 11 is 0. The first kappa shape index (κ1) is 29.1. The monoisotopic (exact) mass is 607 g/mol. The van der Waals surface area contributed by atoms with E-state index in [4.69, 9.17) is 9.62 Å². The van der Waals surface area contributed by atoms with E-state index in [1.807, 2.05) is 66.7 Å². The molecule has 4 aromatic carbocycles. The number of hydrogen-bond donors (Lipinski definition) is 2. The van der Waals surface area contributed by atoms with Gasteiger partial charge in [0.2, 0.25) is 0 Å². The fraction of sp³-hybridized carbons (Fsp3) is 0.0588. The number of hydrogen-bond acceptors (Lipinski definition) is 5. The van der Waals surface area contributed by atoms with Crippen molar-refractivity contribution in [2.24, 2.45) is 0 Å². The van der Waals surface area contributed by atoms with E-state index >= 15 is 0 Å². The topological polar surface area (TPSA) is 102 Å². The quantitative estimate of drug-likeness (QED) is 0.194. The Balaban J connectivity index is 1.19. The number of aryl methyl sites for hydroxylation is 1. The lowest BCUT2D eigenvalue weighted by molar-refractivity contribution is -0.137. The summed E-state index contributed by atoms with van der Waals surface area (Å²) in [6.45, 7) is 1.51. The van der Waals surface area contributed by atoms with E-state index < -0.39 is 23.6 Å². The number of aromatic nitrogens is 3. The molecule has 224 valence electrons. The molecule has 8 nitrogen and oxygen atoms in total. The van der Waals surface area contributed by atoms with Crippen molar-refractivity contribution >= 4 is 11.8 Å². The van der Waals surface area contributed by atoms with E-state index in [0.29, 0.717) is 0 Å². The summed E-state index contributed by atoms with van der Waals surface area (Å²) in [7, 11) is 0. The van der Waals surface area contributed by atoms with Crippen molar-refractivity contribution in [1.29, 1.82) is 0 Å². The molecule has 0 bridgehead atoms. The molecule has 0 saturated heterocycles. The number of rotatable bonds is 6. The van der Waals surface area contributed by atoms with Crippen LogP contribution in [0.2, 0.25) is 0 Å². The number of alkyl halides is 3. The van der Waals surface area contributed by atoms with Crippen molar-refractivity contribution in [3.05, 3.63) is 138 Å². The van der Waals surface area contributed by atoms with Crippen molar-refractivity contribution < 1.29 is 27.3 Å². The molecule has 6 aromatic rings. The van der Waals surface area contributed by atoms with Crippen LogP contribution in [0.5, 0.6) is 0 Å². The molecule has 0 radical (unpaired) electrons. The van der Waals surface area contributed by atoms with Crippen LogP contribution in [0, 0.1) is 6.92 Å². The lowest BCUT2D eigenvalue weighted by Crippen LogP contribution is -2.41. The largest absolute Gasteiger partial charge is 0.416 e. The number of nitrogens with zero attached hydrogens (tertiary/aromatic N) is 3. The molecule has 0 saturated carbocycles. The molecule has 0 aliphatic rings. The minimum absolute atomic E-state index is 0.0215. The number of carbonyl (C=O) groups is 2. The maximum absolute atomic E-state index is 13.0. The van der Waals surface area contributed by atoms with E-state index in [0.717, 1.165) is 40.3 Å². The SMILES string of the molecule is Cc1noc(-c2ccc(C(F)(F)F)cc2)c1C(=O)NNC(=O)c1ccc(-n2nc(-c3ccccc3)cc2-c2ccccc2)cc1. The first-order valence-corrected chi connectivity index (χ1v) is 13.7. The van der Waals surface area contributed by atoms with Crippen LogP contribution in [0.25, 0.3) is 39.5 Å². The van der Waals surface area contributed by atoms with Gasteiger partial charge in [0.1, 0.15) is 5.56 Å². The molecule has 11 heteroatoms. The standard InChI is InChI=1S/C34H24F3N5O3/c1-21-30(31(45-41-21)24-12-16-26(17-13-24)34(35,36)37)33(44)39-38-32(43)25-14-18-27(19-15-25)42-29(23-10-6-3-7-11-23)20-28(40-42)22-8-4-2-5-9-22/h2-20H,1H3,(H,38,43)(H,39,44). The molecule has 6 rings (SSSR count). The lowest BCUT2D eigenvalue weighted by Gasteiger charge is -2.10. The van der Waals surface area contributed by atoms with Gasteiger partial charge in [0.05, 0.1) is 28.3 Å². The van der Waals surface area contributed by atoms with Gasteiger partial charge < -0.3 is 4.52 Å². The third-order valence-corrected chi connectivity index (χ3v) is 7.08. The minimum Gasteiger partial charge on any atom is -0.355 e. The molecule has 0 aliphatic heterocycles. The number of amides is 2. The first-order chi connectivity index (χ1) is 21.7. The molecule has 2 aromatic heterocycles. The highest BCUT2D eigenvalue weighted by atomic mass is 19.4. The smallest absolute Gasteiger partial charge is 0.355 e. The van der Waals surface area contributed by atoms with Crippen LogP contribution in [0.15, 0.2) is 120 Å². The van der Waals surface area contributed by atoms with Crippen LogP contribution in [-0.2, 0) is 6.18 Å². The van der Waals surface area contributed by atoms with Crippen molar-refractivity contribution in [1.82, 2.24) is 25.8 Å². The van der Waals surface area contributed by atoms with Gasteiger partial charge in [0, 0.05) is 22.3 Å². The summed E-state index contributed by atoms with van der Waals surface area (Å²) in [6, 6.07) is 32.5. The Morgan fingerprint density at radius 1 is 0.733 bits per heavy atom. The van der Waals surface area contributed by atoms with Gasteiger partial charge in [-0.25, -0.2) is 4.68 Å². The van der Waals surface area contributed by atoms with Gasteiger partial charge in [0.15, 0.2) is 5.76 Å². The Labute approximate surface area is 255 Å². The van der Waals surface area contributed by atoms with E-state index in [1.165, 1.54) is 19.1 Å². The van der Waals surface area contributed by atoms with Crippen LogP contribution in [0.3, 0.4) is 0 Å². The lowest BCUT2D eigenvalue weighted by atomic mass is 10.0. The first-order valence-electron chi connectivity index (χ1n) is 13.7. The van der Waals surface area contributed by atoms with Crippen LogP contribution in [-0.4, -0.2) is 26.8 Å². The second-order valence-electron chi connectivity index (χ2n) is 10.1. The van der Waals surface area contributed by atoms with Gasteiger partial charge in [-0.1, -0.05) is 78.0 Å². The molecular formula is C34H24F3N5O3. The van der Waals surface area contributed by atoms with Crippen LogP contribution < -0.4 is 10.9 Å². The summed E-state index contributed by atoms with van der Waals surface area (Å²) in [5.74, 6) is -1.36. The zero-order valence-corrected chi connectivity index (χ0v) is 23.7. The second kappa shape index (κ2) is 12.0. The summed E-state index contributed by atoms with van der Waals surface area (Å²) in [5.41, 5.74) is 8.83. The molecule has 2 N–H and O–H groups in total. The maximum atomic E-state index is 13.0. The summed E-state index contributed by atoms with van der Waals surface area (Å²) in [4.78, 5) is 25.9. The second-order valence-corrected chi connectivity index (χ2v) is 10.1. The predicted molar refractivity (Wildman–Crippen MR) is 161 cm³/mol. The number of benzene rings is 4. The summed E-state index contributed by atoms with van der Waals surface area (Å²) < 4.78 is 45.9. The normalized spacial score (nSPS) is 11.3. The Bertz CT molecular complexity index is 1970. The van der Waals surface area contributed by atoms with E-state index in [2.05, 4.69) is 16.0 Å². The van der Waals surface area contributed by atoms with Gasteiger partial charge in [-0.2, -0.15) is 18.3 Å². The van der Waals surface area contributed by atoms with Gasteiger partial charge in [-0.3, -0.25) is 20.4 Å². The zero-order valence-electron chi connectivity index (χ0n) is 23.7. The van der Waals surface area contributed by atoms with E-state index in [1.54, 1.807) is 28.9 Å². The molecular weight excluding hydrogens is 583 g/mol. The highest BCUT2D eigenvalue weighted by molar-refractivity contribution is 6.02. The molecule has 0 aliphatic carbocycles. The van der Waals surface area contributed by atoms with Crippen LogP contribution >= 0.6 is 0 Å². The summed E-state index contributed by atoms with van der Waals surface area (Å²) in [5, 5.41) is 8.62. The average Bonchev–Trinajstić information content (AvgIpc) is 3.68. The Kier molecular flexibility index (Phi) is 7.74. The molecule has 45 heavy (non-hydrogen) atoms. The number of halogens is 3. The molecule has 0 unspecified atom stereocenters. The third-order valence-electron chi connectivity index (χ3n) is 7.08. The Morgan fingerprint density at radius 2 is 1.33 bits per heavy atom. The Hall–Kier alpha value is -5.97. The van der Waals surface area contributed by atoms with Gasteiger partial charge in [0.25, 0.3) is 11.8 Å². The fourth-order valence-corrected chi connectivity index (χ4v) is 4.79. The van der Waals surface area contributed by atoms with E-state index in [9.17, 15) is 22.8 Å². The molecule has 0 spiro atoms. The van der Waals surface area contributed by atoms with Crippen LogP contribution in [0.1, 0.15) is 32.0 Å². The minimum atomic E-state index is -4.51. The highest BCUT2D eigenvalue weighted by Gasteiger charge is 2.31. The molecule has 2 amide bonds. The number of nitrogens with one attached hydrogen (secondary N) is 2. The molecule has 0 fully saturated rings. The number of hydrazine groups is 1. The van der Waals surface area contributed by atoms with Gasteiger partial charge in [-0.15, -0.1) is 0 Å². The molecule has 0 atom stereocenters. The van der Waals surface area contributed by atoms with Crippen molar-refractivity contribution in [3.8, 4) is 39.5 Å². The van der Waals surface area contributed by atoms with Gasteiger partial charge >= 0.3 is 6.18 Å². The predicted octanol–water partition coefficient (Wildman–Crippen LogP) is 7.26. The summed E-state index contributed by atoms with van der Waals surface area (Å²) in [6.07, 6.45) is -4.51. The molecule has 2 heterocycles. The van der Waals surface area contributed by atoms with E-state index in [-0.39, 0.29) is 28.1 Å². The van der Waals surface area contributed by atoms with Crippen LogP contribution in [0.4, 0.5) is 13.2 Å². The fourth-order valence-electron chi connectivity index (χ4n) is 4.79. The zero-order chi connectivity index (χ0) is 31.6. The Morgan fingerprint density at radius 3 is 1.96 bits per heavy atom.